The summed E-state index contributed by atoms with van der Waals surface area (Å²) in [5, 5.41) is 3.51. The first-order valence-corrected chi connectivity index (χ1v) is 9.17. The first-order valence-electron chi connectivity index (χ1n) is 7.28. The van der Waals surface area contributed by atoms with E-state index in [2.05, 4.69) is 17.2 Å². The lowest BCUT2D eigenvalue weighted by Crippen LogP contribution is -2.34. The van der Waals surface area contributed by atoms with Crippen LogP contribution in [0.2, 0.25) is 0 Å². The van der Waals surface area contributed by atoms with Crippen molar-refractivity contribution >= 4 is 20.9 Å². The number of imidazole rings is 1. The van der Waals surface area contributed by atoms with E-state index in [1.54, 1.807) is 12.1 Å². The molecule has 0 bridgehead atoms. The lowest BCUT2D eigenvalue weighted by molar-refractivity contribution is 0.291. The van der Waals surface area contributed by atoms with Crippen molar-refractivity contribution in [1.82, 2.24) is 14.9 Å². The number of fused-ring (bicyclic) bond motifs is 1. The van der Waals surface area contributed by atoms with Gasteiger partial charge in [-0.05, 0) is 37.4 Å². The minimum atomic E-state index is -3.27. The minimum absolute atomic E-state index is 0.184. The maximum atomic E-state index is 11.9. The molecule has 0 spiro atoms. The van der Waals surface area contributed by atoms with Crippen LogP contribution >= 0.6 is 0 Å². The molecule has 1 aromatic carbocycles. The lowest BCUT2D eigenvalue weighted by atomic mass is 9.92. The van der Waals surface area contributed by atoms with Gasteiger partial charge in [0.25, 0.3) is 0 Å². The molecule has 21 heavy (non-hydrogen) atoms. The molecule has 2 heterocycles. The second kappa shape index (κ2) is 5.10. The van der Waals surface area contributed by atoms with E-state index in [0.29, 0.717) is 16.3 Å². The molecule has 0 saturated carbocycles. The number of nitrogens with zero attached hydrogens (tertiary/aromatic N) is 2. The molecule has 2 atom stereocenters. The summed E-state index contributed by atoms with van der Waals surface area (Å²) < 4.78 is 25.9. The highest BCUT2D eigenvalue weighted by atomic mass is 32.2. The van der Waals surface area contributed by atoms with Crippen LogP contribution in [0, 0.1) is 5.92 Å². The van der Waals surface area contributed by atoms with Gasteiger partial charge in [0.2, 0.25) is 0 Å². The maximum Gasteiger partial charge on any atom is 0.177 e. The summed E-state index contributed by atoms with van der Waals surface area (Å²) in [6.45, 7) is 3.20. The van der Waals surface area contributed by atoms with E-state index < -0.39 is 9.84 Å². The van der Waals surface area contributed by atoms with Gasteiger partial charge in [-0.2, -0.15) is 0 Å². The van der Waals surface area contributed by atoms with Crippen LogP contribution in [0.3, 0.4) is 0 Å². The molecule has 1 fully saturated rings. The Morgan fingerprint density at radius 1 is 1.38 bits per heavy atom. The van der Waals surface area contributed by atoms with Gasteiger partial charge in [-0.1, -0.05) is 13.0 Å². The van der Waals surface area contributed by atoms with Crippen molar-refractivity contribution in [1.29, 1.82) is 0 Å². The molecular formula is C15H21N3O2S. The molecule has 6 heteroatoms. The van der Waals surface area contributed by atoms with Gasteiger partial charge in [0, 0.05) is 13.3 Å². The van der Waals surface area contributed by atoms with E-state index in [0.717, 1.165) is 17.9 Å². The third-order valence-corrected chi connectivity index (χ3v) is 5.48. The summed E-state index contributed by atoms with van der Waals surface area (Å²) in [6, 6.07) is 5.52. The first-order chi connectivity index (χ1) is 9.89. The second-order valence-electron chi connectivity index (χ2n) is 5.98. The monoisotopic (exact) mass is 307 g/mol. The van der Waals surface area contributed by atoms with Crippen LogP contribution in [0.5, 0.6) is 0 Å². The highest BCUT2D eigenvalue weighted by Gasteiger charge is 2.28. The molecule has 1 aromatic heterocycles. The highest BCUT2D eigenvalue weighted by Crippen LogP contribution is 2.31. The number of piperidine rings is 1. The Kier molecular flexibility index (Phi) is 3.53. The zero-order valence-electron chi connectivity index (χ0n) is 12.6. The molecule has 2 aromatic rings. The molecule has 114 valence electrons. The van der Waals surface area contributed by atoms with Crippen molar-refractivity contribution in [3.05, 3.63) is 24.0 Å². The molecule has 0 amide bonds. The number of aromatic nitrogens is 2. The maximum absolute atomic E-state index is 11.9. The fourth-order valence-electron chi connectivity index (χ4n) is 3.18. The molecule has 5 nitrogen and oxygen atoms in total. The van der Waals surface area contributed by atoms with Crippen LogP contribution in [0.25, 0.3) is 11.0 Å². The summed E-state index contributed by atoms with van der Waals surface area (Å²) in [4.78, 5) is 4.98. The number of hydrogen-bond donors (Lipinski definition) is 1. The Morgan fingerprint density at radius 3 is 2.81 bits per heavy atom. The van der Waals surface area contributed by atoms with E-state index in [1.807, 2.05) is 17.7 Å². The number of hydrogen-bond acceptors (Lipinski definition) is 4. The Morgan fingerprint density at radius 2 is 2.14 bits per heavy atom. The van der Waals surface area contributed by atoms with E-state index in [1.165, 1.54) is 19.1 Å². The second-order valence-corrected chi connectivity index (χ2v) is 7.96. The molecule has 1 aliphatic heterocycles. The Labute approximate surface area is 125 Å². The third kappa shape index (κ3) is 2.46. The molecule has 0 radical (unpaired) electrons. The topological polar surface area (TPSA) is 64.0 Å². The zero-order valence-corrected chi connectivity index (χ0v) is 13.4. The number of rotatable bonds is 2. The zero-order chi connectivity index (χ0) is 15.2. The number of para-hydroxylation sites is 1. The fraction of sp³-hybridized carbons (Fsp3) is 0.533. The highest BCUT2D eigenvalue weighted by molar-refractivity contribution is 7.91. The number of benzene rings is 1. The minimum Gasteiger partial charge on any atom is -0.330 e. The predicted octanol–water partition coefficient (Wildman–Crippen LogP) is 2.04. The van der Waals surface area contributed by atoms with Crippen LogP contribution in [0.1, 0.15) is 31.6 Å². The van der Waals surface area contributed by atoms with Crippen LogP contribution in [0.15, 0.2) is 23.1 Å². The van der Waals surface area contributed by atoms with Gasteiger partial charge in [0.15, 0.2) is 9.84 Å². The number of nitrogens with one attached hydrogen (secondary N) is 1. The van der Waals surface area contributed by atoms with Crippen molar-refractivity contribution in [3.8, 4) is 0 Å². The molecular weight excluding hydrogens is 286 g/mol. The van der Waals surface area contributed by atoms with Crippen molar-refractivity contribution in [3.63, 3.8) is 0 Å². The standard InChI is InChI=1S/C15H21N3O2S/c1-10-6-5-9-16-13(10)15-17-14-11(18(15)2)7-4-8-12(14)21(3,19)20/h4,7-8,10,13,16H,5-6,9H2,1-3H3. The summed E-state index contributed by atoms with van der Waals surface area (Å²) >= 11 is 0. The van der Waals surface area contributed by atoms with E-state index >= 15 is 0 Å². The smallest absolute Gasteiger partial charge is 0.177 e. The summed E-state index contributed by atoms with van der Waals surface area (Å²) in [5.74, 6) is 1.42. The van der Waals surface area contributed by atoms with Gasteiger partial charge in [-0.25, -0.2) is 13.4 Å². The van der Waals surface area contributed by atoms with Gasteiger partial charge >= 0.3 is 0 Å². The van der Waals surface area contributed by atoms with Crippen LogP contribution in [0.4, 0.5) is 0 Å². The first kappa shape index (κ1) is 14.5. The van der Waals surface area contributed by atoms with E-state index in [-0.39, 0.29) is 6.04 Å². The van der Waals surface area contributed by atoms with Gasteiger partial charge in [0.1, 0.15) is 11.3 Å². The normalized spacial score (nSPS) is 23.6. The molecule has 3 rings (SSSR count). The quantitative estimate of drug-likeness (QED) is 0.922. The van der Waals surface area contributed by atoms with Crippen molar-refractivity contribution in [2.24, 2.45) is 13.0 Å². The molecule has 0 aliphatic carbocycles. The van der Waals surface area contributed by atoms with Gasteiger partial charge in [-0.15, -0.1) is 0 Å². The molecule has 1 N–H and O–H groups in total. The van der Waals surface area contributed by atoms with Crippen LogP contribution < -0.4 is 5.32 Å². The van der Waals surface area contributed by atoms with E-state index in [4.69, 9.17) is 0 Å². The molecule has 1 saturated heterocycles. The van der Waals surface area contributed by atoms with Crippen LogP contribution in [-0.4, -0.2) is 30.8 Å². The average Bonchev–Trinajstić information content (AvgIpc) is 2.76. The summed E-state index contributed by atoms with van der Waals surface area (Å²) in [7, 11) is -1.32. The summed E-state index contributed by atoms with van der Waals surface area (Å²) in [5.41, 5.74) is 1.45. The molecule has 2 unspecified atom stereocenters. The Balaban J connectivity index is 2.20. The largest absolute Gasteiger partial charge is 0.330 e. The van der Waals surface area contributed by atoms with Gasteiger partial charge in [-0.3, -0.25) is 0 Å². The van der Waals surface area contributed by atoms with Crippen molar-refractivity contribution in [2.45, 2.75) is 30.7 Å². The molecule has 1 aliphatic rings. The van der Waals surface area contributed by atoms with Crippen molar-refractivity contribution < 1.29 is 8.42 Å². The lowest BCUT2D eigenvalue weighted by Gasteiger charge is -2.29. The number of aryl methyl sites for hydroxylation is 1. The average molecular weight is 307 g/mol. The van der Waals surface area contributed by atoms with Crippen LogP contribution in [-0.2, 0) is 16.9 Å². The predicted molar refractivity (Wildman–Crippen MR) is 83.0 cm³/mol. The Bertz CT molecular complexity index is 780. The van der Waals surface area contributed by atoms with Gasteiger partial charge < -0.3 is 9.88 Å². The SMILES string of the molecule is CC1CCCNC1c1nc2c(S(C)(=O)=O)cccc2n1C. The van der Waals surface area contributed by atoms with Crippen molar-refractivity contribution in [2.75, 3.05) is 12.8 Å². The summed E-state index contributed by atoms with van der Waals surface area (Å²) in [6.07, 6.45) is 3.58. The number of sulfone groups is 1. The third-order valence-electron chi connectivity index (χ3n) is 4.36. The fourth-order valence-corrected chi connectivity index (χ4v) is 4.01. The Hall–Kier alpha value is -1.40. The van der Waals surface area contributed by atoms with Gasteiger partial charge in [0.05, 0.1) is 16.5 Å². The van der Waals surface area contributed by atoms with E-state index in [9.17, 15) is 8.42 Å².